The topological polar surface area (TPSA) is 3.24 Å². The number of hydrogen-bond donors (Lipinski definition) is 0. The van der Waals surface area contributed by atoms with Crippen LogP contribution >= 0.6 is 0 Å². The quantitative estimate of drug-likeness (QED) is 0.526. The van der Waals surface area contributed by atoms with E-state index in [1.807, 2.05) is 0 Å². The second-order valence-corrected chi connectivity index (χ2v) is 5.18. The van der Waals surface area contributed by atoms with E-state index >= 15 is 0 Å². The molecule has 0 bridgehead atoms. The Labute approximate surface area is 115 Å². The lowest BCUT2D eigenvalue weighted by Gasteiger charge is -2.31. The van der Waals surface area contributed by atoms with Crippen LogP contribution in [-0.4, -0.2) is 23.7 Å². The van der Waals surface area contributed by atoms with Crippen LogP contribution in [0.5, 0.6) is 0 Å². The maximum absolute atomic E-state index is 3.34. The van der Waals surface area contributed by atoms with Crippen LogP contribution in [0.1, 0.15) is 67.2 Å². The van der Waals surface area contributed by atoms with Crippen molar-refractivity contribution in [2.24, 2.45) is 0 Å². The molecule has 0 saturated carbocycles. The van der Waals surface area contributed by atoms with Crippen LogP contribution in [0.4, 0.5) is 0 Å². The SMILES string of the molecule is CCCC#CB(C#CCCC)N(C(C)C)C(C)C. The van der Waals surface area contributed by atoms with E-state index in [2.05, 4.69) is 69.8 Å². The van der Waals surface area contributed by atoms with Crippen molar-refractivity contribution < 1.29 is 0 Å². The smallest absolute Gasteiger partial charge is 0.316 e. The Balaban J connectivity index is 4.95. The summed E-state index contributed by atoms with van der Waals surface area (Å²) in [5, 5.41) is 0. The van der Waals surface area contributed by atoms with Crippen LogP contribution < -0.4 is 0 Å². The average molecular weight is 245 g/mol. The fraction of sp³-hybridized carbons (Fsp3) is 0.750. The fourth-order valence-corrected chi connectivity index (χ4v) is 1.97. The van der Waals surface area contributed by atoms with Crippen LogP contribution in [0.3, 0.4) is 0 Å². The number of rotatable bonds is 5. The van der Waals surface area contributed by atoms with Gasteiger partial charge in [0.25, 0.3) is 0 Å². The van der Waals surface area contributed by atoms with Gasteiger partial charge in [0.2, 0.25) is 0 Å². The molecule has 0 aliphatic carbocycles. The summed E-state index contributed by atoms with van der Waals surface area (Å²) in [6.45, 7) is 13.3. The van der Waals surface area contributed by atoms with Gasteiger partial charge in [-0.05, 0) is 24.9 Å². The molecule has 0 N–H and O–H groups in total. The highest BCUT2D eigenvalue weighted by Gasteiger charge is 2.24. The van der Waals surface area contributed by atoms with Crippen molar-refractivity contribution in [1.29, 1.82) is 0 Å². The van der Waals surface area contributed by atoms with Gasteiger partial charge in [-0.1, -0.05) is 41.5 Å². The second kappa shape index (κ2) is 10.1. The highest BCUT2D eigenvalue weighted by Crippen LogP contribution is 2.07. The van der Waals surface area contributed by atoms with Crippen molar-refractivity contribution in [1.82, 2.24) is 4.81 Å². The fourth-order valence-electron chi connectivity index (χ4n) is 1.97. The zero-order chi connectivity index (χ0) is 14.0. The molecule has 0 fully saturated rings. The Hall–Kier alpha value is -0.855. The minimum absolute atomic E-state index is 0.0862. The van der Waals surface area contributed by atoms with Crippen LogP contribution in [0.15, 0.2) is 0 Å². The molecule has 0 radical (unpaired) electrons. The molecule has 2 heteroatoms. The monoisotopic (exact) mass is 245 g/mol. The van der Waals surface area contributed by atoms with Gasteiger partial charge >= 0.3 is 6.85 Å². The van der Waals surface area contributed by atoms with Gasteiger partial charge in [0.1, 0.15) is 0 Å². The second-order valence-electron chi connectivity index (χ2n) is 5.18. The lowest BCUT2D eigenvalue weighted by molar-refractivity contribution is 0.311. The van der Waals surface area contributed by atoms with Crippen molar-refractivity contribution in [2.75, 3.05) is 0 Å². The summed E-state index contributed by atoms with van der Waals surface area (Å²) in [5.74, 6) is 13.2. The largest absolute Gasteiger partial charge is 0.397 e. The summed E-state index contributed by atoms with van der Waals surface area (Å²) in [6, 6.07) is 0.948. The van der Waals surface area contributed by atoms with Gasteiger partial charge in [0.15, 0.2) is 0 Å². The molecule has 0 aromatic rings. The molecular formula is C16H28BN. The van der Waals surface area contributed by atoms with Crippen LogP contribution in [0.2, 0.25) is 0 Å². The van der Waals surface area contributed by atoms with Gasteiger partial charge in [0.05, 0.1) is 0 Å². The minimum atomic E-state index is 0.0862. The zero-order valence-corrected chi connectivity index (χ0v) is 13.0. The Morgan fingerprint density at radius 1 is 0.833 bits per heavy atom. The van der Waals surface area contributed by atoms with E-state index in [1.165, 1.54) is 0 Å². The van der Waals surface area contributed by atoms with Crippen molar-refractivity contribution in [3.05, 3.63) is 0 Å². The van der Waals surface area contributed by atoms with Gasteiger partial charge in [-0.3, -0.25) is 0 Å². The summed E-state index contributed by atoms with van der Waals surface area (Å²) in [6.07, 6.45) is 4.17. The van der Waals surface area contributed by atoms with Crippen molar-refractivity contribution in [3.63, 3.8) is 0 Å². The first-order valence-electron chi connectivity index (χ1n) is 7.28. The lowest BCUT2D eigenvalue weighted by atomic mass is 9.60. The predicted octanol–water partition coefficient (Wildman–Crippen LogP) is 3.78. The molecule has 100 valence electrons. The van der Waals surface area contributed by atoms with Crippen molar-refractivity contribution in [3.8, 4) is 23.5 Å². The Morgan fingerprint density at radius 2 is 1.22 bits per heavy atom. The Morgan fingerprint density at radius 3 is 1.50 bits per heavy atom. The molecule has 18 heavy (non-hydrogen) atoms. The standard InChI is InChI=1S/C16H28BN/c1-7-9-11-13-17(14-12-10-8-2)18(15(3)4)16(5)6/h15-16H,7-10H2,1-6H3. The van der Waals surface area contributed by atoms with Gasteiger partial charge in [-0.15, -0.1) is 23.5 Å². The number of nitrogens with zero attached hydrogens (tertiary/aromatic N) is 1. The molecule has 0 saturated heterocycles. The molecule has 0 heterocycles. The van der Waals surface area contributed by atoms with E-state index in [0.717, 1.165) is 25.7 Å². The highest BCUT2D eigenvalue weighted by atomic mass is 15.1. The first kappa shape index (κ1) is 17.1. The van der Waals surface area contributed by atoms with E-state index in [-0.39, 0.29) is 6.85 Å². The molecule has 0 unspecified atom stereocenters. The lowest BCUT2D eigenvalue weighted by Crippen LogP contribution is -2.47. The first-order chi connectivity index (χ1) is 8.54. The van der Waals surface area contributed by atoms with Crippen LogP contribution in [-0.2, 0) is 0 Å². The third-order valence-electron chi connectivity index (χ3n) is 2.72. The normalized spacial score (nSPS) is 10.1. The van der Waals surface area contributed by atoms with Crippen LogP contribution in [0, 0.1) is 23.5 Å². The van der Waals surface area contributed by atoms with E-state index in [0.29, 0.717) is 12.1 Å². The van der Waals surface area contributed by atoms with E-state index in [1.54, 1.807) is 0 Å². The Kier molecular flexibility index (Phi) is 9.62. The van der Waals surface area contributed by atoms with Crippen LogP contribution in [0.25, 0.3) is 0 Å². The molecule has 0 aliphatic rings. The third-order valence-corrected chi connectivity index (χ3v) is 2.72. The summed E-state index contributed by atoms with van der Waals surface area (Å²) < 4.78 is 0. The maximum atomic E-state index is 3.34. The van der Waals surface area contributed by atoms with Gasteiger partial charge in [-0.2, -0.15) is 0 Å². The van der Waals surface area contributed by atoms with Gasteiger partial charge < -0.3 is 4.81 Å². The molecule has 0 atom stereocenters. The molecule has 0 spiro atoms. The number of hydrogen-bond acceptors (Lipinski definition) is 1. The minimum Gasteiger partial charge on any atom is -0.316 e. The average Bonchev–Trinajstić information content (AvgIpc) is 2.28. The first-order valence-corrected chi connectivity index (χ1v) is 7.28. The molecule has 1 nitrogen and oxygen atoms in total. The third kappa shape index (κ3) is 6.78. The molecule has 0 aliphatic heterocycles. The number of unbranched alkanes of at least 4 members (excludes halogenated alkanes) is 2. The molecule has 0 amide bonds. The summed E-state index contributed by atoms with van der Waals surface area (Å²) >= 11 is 0. The molecule has 0 aromatic heterocycles. The summed E-state index contributed by atoms with van der Waals surface area (Å²) in [5.41, 5.74) is 0. The predicted molar refractivity (Wildman–Crippen MR) is 83.2 cm³/mol. The van der Waals surface area contributed by atoms with Gasteiger partial charge in [-0.25, -0.2) is 0 Å². The van der Waals surface area contributed by atoms with Crippen molar-refractivity contribution in [2.45, 2.75) is 79.3 Å². The molecule has 0 rings (SSSR count). The van der Waals surface area contributed by atoms with E-state index in [9.17, 15) is 0 Å². The Bertz CT molecular complexity index is 292. The maximum Gasteiger partial charge on any atom is 0.397 e. The highest BCUT2D eigenvalue weighted by molar-refractivity contribution is 6.73. The molecular weight excluding hydrogens is 217 g/mol. The van der Waals surface area contributed by atoms with E-state index in [4.69, 9.17) is 0 Å². The van der Waals surface area contributed by atoms with Gasteiger partial charge in [0, 0.05) is 12.8 Å². The zero-order valence-electron chi connectivity index (χ0n) is 13.0. The summed E-state index contributed by atoms with van der Waals surface area (Å²) in [7, 11) is 0. The van der Waals surface area contributed by atoms with Crippen molar-refractivity contribution >= 4 is 6.85 Å². The summed E-state index contributed by atoms with van der Waals surface area (Å²) in [4.78, 5) is 2.39. The van der Waals surface area contributed by atoms with E-state index < -0.39 is 0 Å². The molecule has 0 aromatic carbocycles.